The number of halogens is 1. The Bertz CT molecular complexity index is 618. The summed E-state index contributed by atoms with van der Waals surface area (Å²) in [5.41, 5.74) is 0.392. The summed E-state index contributed by atoms with van der Waals surface area (Å²) < 4.78 is 38.3. The molecule has 0 fully saturated rings. The van der Waals surface area contributed by atoms with Gasteiger partial charge in [-0.1, -0.05) is 25.4 Å². The summed E-state index contributed by atoms with van der Waals surface area (Å²) in [5.74, 6) is -0.511. The summed E-state index contributed by atoms with van der Waals surface area (Å²) in [4.78, 5) is 4.15. The number of ether oxygens (including phenoxy) is 2. The van der Waals surface area contributed by atoms with E-state index in [2.05, 4.69) is 9.17 Å². The Morgan fingerprint density at radius 3 is 2.71 bits per heavy atom. The summed E-state index contributed by atoms with van der Waals surface area (Å²) in [6.07, 6.45) is 1.87. The number of hydrogen-bond donors (Lipinski definition) is 1. The largest absolute Gasteiger partial charge is 0.459 e. The minimum Gasteiger partial charge on any atom is -0.459 e. The zero-order valence-electron chi connectivity index (χ0n) is 11.7. The van der Waals surface area contributed by atoms with Gasteiger partial charge in [0.15, 0.2) is 5.75 Å². The van der Waals surface area contributed by atoms with Crippen LogP contribution in [0, 0.1) is 0 Å². The van der Waals surface area contributed by atoms with Gasteiger partial charge < -0.3 is 9.47 Å². The molecule has 1 aromatic heterocycles. The molecule has 118 valence electrons. The lowest BCUT2D eigenvalue weighted by molar-refractivity contribution is -0.239. The summed E-state index contributed by atoms with van der Waals surface area (Å²) in [6, 6.07) is 1.60. The highest BCUT2D eigenvalue weighted by molar-refractivity contribution is 7.84. The molecule has 7 nitrogen and oxygen atoms in total. The van der Waals surface area contributed by atoms with Crippen LogP contribution in [-0.2, 0) is 19.2 Å². The van der Waals surface area contributed by atoms with Crippen LogP contribution in [0.15, 0.2) is 12.3 Å². The Labute approximate surface area is 128 Å². The van der Waals surface area contributed by atoms with Crippen LogP contribution < -0.4 is 9.88 Å². The van der Waals surface area contributed by atoms with E-state index in [0.717, 1.165) is 0 Å². The molecule has 0 radical (unpaired) electrons. The number of rotatable bonds is 5. The molecule has 1 aliphatic rings. The van der Waals surface area contributed by atoms with E-state index in [1.807, 2.05) is 13.8 Å². The zero-order chi connectivity index (χ0) is 15.7. The van der Waals surface area contributed by atoms with Gasteiger partial charge in [-0.25, -0.2) is 5.14 Å². The Hall–Kier alpha value is -0.930. The van der Waals surface area contributed by atoms with Crippen molar-refractivity contribution >= 4 is 21.9 Å². The van der Waals surface area contributed by atoms with Crippen LogP contribution in [-0.4, -0.2) is 25.8 Å². The monoisotopic (exact) mass is 336 g/mol. The van der Waals surface area contributed by atoms with Crippen LogP contribution in [0.5, 0.6) is 5.75 Å². The van der Waals surface area contributed by atoms with Crippen LogP contribution in [0.25, 0.3) is 0 Å². The molecule has 0 bridgehead atoms. The van der Waals surface area contributed by atoms with Gasteiger partial charge in [0, 0.05) is 19.0 Å². The maximum absolute atomic E-state index is 11.0. The lowest BCUT2D eigenvalue weighted by Crippen LogP contribution is -2.44. The van der Waals surface area contributed by atoms with Crippen LogP contribution in [0.1, 0.15) is 38.5 Å². The highest BCUT2D eigenvalue weighted by atomic mass is 35.5. The maximum Gasteiger partial charge on any atom is 0.333 e. The van der Waals surface area contributed by atoms with Crippen molar-refractivity contribution in [2.45, 2.75) is 38.6 Å². The first-order valence-electron chi connectivity index (χ1n) is 6.48. The van der Waals surface area contributed by atoms with Crippen LogP contribution in [0.2, 0.25) is 5.02 Å². The summed E-state index contributed by atoms with van der Waals surface area (Å²) in [5, 5.41) is 5.24. The number of aromatic nitrogens is 1. The molecule has 1 aromatic rings. The van der Waals surface area contributed by atoms with E-state index in [0.29, 0.717) is 29.3 Å². The van der Waals surface area contributed by atoms with E-state index in [1.54, 1.807) is 6.07 Å². The molecule has 1 atom stereocenters. The van der Waals surface area contributed by atoms with E-state index in [1.165, 1.54) is 6.20 Å². The Morgan fingerprint density at radius 2 is 2.14 bits per heavy atom. The molecule has 2 rings (SSSR count). The van der Waals surface area contributed by atoms with E-state index in [-0.39, 0.29) is 6.61 Å². The van der Waals surface area contributed by atoms with Gasteiger partial charge in [-0.3, -0.25) is 9.17 Å². The van der Waals surface area contributed by atoms with Gasteiger partial charge in [0.25, 0.3) is 0 Å². The first kappa shape index (κ1) is 16.4. The third-order valence-corrected chi connectivity index (χ3v) is 4.06. The maximum atomic E-state index is 11.0. The predicted molar refractivity (Wildman–Crippen MR) is 76.1 cm³/mol. The van der Waals surface area contributed by atoms with Crippen molar-refractivity contribution in [1.82, 2.24) is 4.98 Å². The van der Waals surface area contributed by atoms with E-state index in [9.17, 15) is 8.42 Å². The molecule has 0 saturated carbocycles. The molecule has 1 unspecified atom stereocenters. The number of pyridine rings is 1. The first-order chi connectivity index (χ1) is 9.80. The fourth-order valence-electron chi connectivity index (χ4n) is 2.13. The predicted octanol–water partition coefficient (Wildman–Crippen LogP) is 1.92. The molecule has 0 amide bonds. The molecule has 0 aromatic carbocycles. The van der Waals surface area contributed by atoms with Crippen molar-refractivity contribution < 1.29 is 22.1 Å². The van der Waals surface area contributed by atoms with Crippen LogP contribution in [0.4, 0.5) is 0 Å². The topological polar surface area (TPSA) is 101 Å². The molecule has 1 aliphatic heterocycles. The van der Waals surface area contributed by atoms with Crippen LogP contribution in [0.3, 0.4) is 0 Å². The minimum atomic E-state index is -4.07. The van der Waals surface area contributed by atoms with E-state index < -0.39 is 22.2 Å². The second-order valence-corrected chi connectivity index (χ2v) is 6.24. The van der Waals surface area contributed by atoms with Crippen molar-refractivity contribution in [3.63, 3.8) is 0 Å². The first-order valence-corrected chi connectivity index (χ1v) is 8.33. The summed E-state index contributed by atoms with van der Waals surface area (Å²) in [7, 11) is -4.07. The average Bonchev–Trinajstić information content (AvgIpc) is 2.44. The molecule has 2 heterocycles. The molecular formula is C12H17ClN2O5S. The third-order valence-electron chi connectivity index (χ3n) is 3.30. The van der Waals surface area contributed by atoms with Crippen molar-refractivity contribution in [1.29, 1.82) is 0 Å². The Kier molecular flexibility index (Phi) is 4.74. The average molecular weight is 337 g/mol. The van der Waals surface area contributed by atoms with Gasteiger partial charge in [-0.05, 0) is 6.07 Å². The minimum absolute atomic E-state index is 0.287. The molecule has 9 heteroatoms. The molecular weight excluding hydrogens is 320 g/mol. The van der Waals surface area contributed by atoms with Crippen molar-refractivity contribution in [2.75, 3.05) is 6.61 Å². The number of hydrogen-bond acceptors (Lipinski definition) is 6. The smallest absolute Gasteiger partial charge is 0.333 e. The fraction of sp³-hybridized carbons (Fsp3) is 0.583. The second kappa shape index (κ2) is 6.05. The molecule has 21 heavy (non-hydrogen) atoms. The normalized spacial score (nSPS) is 20.7. The van der Waals surface area contributed by atoms with Gasteiger partial charge in [-0.15, -0.1) is 0 Å². The summed E-state index contributed by atoms with van der Waals surface area (Å²) >= 11 is 6.13. The van der Waals surface area contributed by atoms with E-state index >= 15 is 0 Å². The van der Waals surface area contributed by atoms with Gasteiger partial charge in [0.2, 0.25) is 5.79 Å². The zero-order valence-corrected chi connectivity index (χ0v) is 13.3. The number of fused-ring (bicyclic) bond motifs is 1. The lowest BCUT2D eigenvalue weighted by Gasteiger charge is -2.40. The summed E-state index contributed by atoms with van der Waals surface area (Å²) in [6.45, 7) is 3.51. The van der Waals surface area contributed by atoms with Crippen molar-refractivity contribution in [2.24, 2.45) is 5.14 Å². The number of nitrogens with two attached hydrogens (primary N) is 1. The third kappa shape index (κ3) is 3.64. The number of nitrogens with zero attached hydrogens (tertiary/aromatic N) is 1. The lowest BCUT2D eigenvalue weighted by atomic mass is 10.1. The van der Waals surface area contributed by atoms with Gasteiger partial charge in [0.05, 0.1) is 11.6 Å². The highest BCUT2D eigenvalue weighted by Gasteiger charge is 2.41. The fourth-order valence-corrected chi connectivity index (χ4v) is 2.63. The Morgan fingerprint density at radius 1 is 1.48 bits per heavy atom. The standard InChI is InChI=1S/C12H17ClN2O5S/c1-3-12(4-2)19-9(7-18-21(14,16)17)10-11(20-12)8(13)5-6-15-10/h5-6,9H,3-4,7H2,1-2H3,(H2,14,16,17). The van der Waals surface area contributed by atoms with E-state index in [4.69, 9.17) is 26.2 Å². The van der Waals surface area contributed by atoms with Crippen LogP contribution >= 0.6 is 11.6 Å². The van der Waals surface area contributed by atoms with Gasteiger partial charge >= 0.3 is 10.3 Å². The van der Waals surface area contributed by atoms with Gasteiger partial charge in [0.1, 0.15) is 11.8 Å². The molecule has 0 spiro atoms. The Balaban J connectivity index is 2.38. The molecule has 0 aliphatic carbocycles. The SMILES string of the molecule is CCC1(CC)Oc2c(Cl)ccnc2C(COS(N)(=O)=O)O1. The van der Waals surface area contributed by atoms with Gasteiger partial charge in [-0.2, -0.15) is 8.42 Å². The molecule has 0 saturated heterocycles. The molecule has 2 N–H and O–H groups in total. The highest BCUT2D eigenvalue weighted by Crippen LogP contribution is 2.44. The quantitative estimate of drug-likeness (QED) is 0.881. The van der Waals surface area contributed by atoms with Crippen molar-refractivity contribution in [3.8, 4) is 5.75 Å². The second-order valence-electron chi connectivity index (χ2n) is 4.61. The van der Waals surface area contributed by atoms with Crippen molar-refractivity contribution in [3.05, 3.63) is 23.0 Å².